The number of aryl methyl sites for hydroxylation is 1. The molecule has 3 N–H and O–H groups in total. The van der Waals surface area contributed by atoms with Crippen molar-refractivity contribution in [3.63, 3.8) is 0 Å². The second kappa shape index (κ2) is 8.36. The van der Waals surface area contributed by atoms with Gasteiger partial charge in [-0.1, -0.05) is 29.8 Å². The summed E-state index contributed by atoms with van der Waals surface area (Å²) in [6.45, 7) is 1.96. The van der Waals surface area contributed by atoms with Crippen molar-refractivity contribution in [3.8, 4) is 17.3 Å². The van der Waals surface area contributed by atoms with Gasteiger partial charge < -0.3 is 5.32 Å². The number of aromatic nitrogens is 2. The van der Waals surface area contributed by atoms with Crippen molar-refractivity contribution < 1.29 is 8.42 Å². The van der Waals surface area contributed by atoms with Crippen LogP contribution in [0.4, 0.5) is 17.3 Å². The molecule has 3 rings (SSSR count). The molecule has 0 fully saturated rings. The number of rotatable bonds is 6. The topological polar surface area (TPSA) is 131 Å². The minimum Gasteiger partial charge on any atom is -0.326 e. The van der Waals surface area contributed by atoms with Crippen molar-refractivity contribution in [1.29, 1.82) is 5.26 Å². The average Bonchev–Trinajstić information content (AvgIpc) is 2.69. The molecular weight excluding hydrogens is 404 g/mol. The molecule has 0 aliphatic heterocycles. The third-order valence-electron chi connectivity index (χ3n) is 4.23. The maximum Gasteiger partial charge on any atom is 0.301 e. The van der Waals surface area contributed by atoms with Gasteiger partial charge in [0.05, 0.1) is 5.69 Å². The molecule has 2 aromatic carbocycles. The molecule has 0 radical (unpaired) electrons. The summed E-state index contributed by atoms with van der Waals surface area (Å²) in [5, 5.41) is 12.4. The Bertz CT molecular complexity index is 1260. The summed E-state index contributed by atoms with van der Waals surface area (Å²) in [4.78, 5) is 19.3. The van der Waals surface area contributed by atoms with Gasteiger partial charge in [-0.2, -0.15) is 18.0 Å². The van der Waals surface area contributed by atoms with Crippen LogP contribution in [0.1, 0.15) is 11.1 Å². The highest BCUT2D eigenvalue weighted by atomic mass is 32.2. The van der Waals surface area contributed by atoms with Crippen molar-refractivity contribution in [1.82, 2.24) is 14.3 Å². The second-order valence-electron chi connectivity index (χ2n) is 6.71. The zero-order chi connectivity index (χ0) is 21.9. The molecule has 0 aliphatic carbocycles. The van der Waals surface area contributed by atoms with Crippen LogP contribution in [0.25, 0.3) is 11.3 Å². The molecule has 0 aliphatic rings. The van der Waals surface area contributed by atoms with E-state index in [1.807, 2.05) is 37.3 Å². The summed E-state index contributed by atoms with van der Waals surface area (Å²) in [5.41, 5.74) is 2.14. The molecule has 3 aromatic rings. The summed E-state index contributed by atoms with van der Waals surface area (Å²) in [6.07, 6.45) is 0. The average molecular weight is 424 g/mol. The van der Waals surface area contributed by atoms with Crippen molar-refractivity contribution in [2.24, 2.45) is 0 Å². The highest BCUT2D eigenvalue weighted by molar-refractivity contribution is 7.90. The normalized spacial score (nSPS) is 11.2. The van der Waals surface area contributed by atoms with E-state index >= 15 is 0 Å². The van der Waals surface area contributed by atoms with E-state index in [0.29, 0.717) is 11.3 Å². The van der Waals surface area contributed by atoms with Crippen LogP contribution in [0.2, 0.25) is 0 Å². The summed E-state index contributed by atoms with van der Waals surface area (Å²) in [5.74, 6) is 0.190. The highest BCUT2D eigenvalue weighted by Gasteiger charge is 2.16. The van der Waals surface area contributed by atoms with Crippen molar-refractivity contribution in [2.45, 2.75) is 6.92 Å². The van der Waals surface area contributed by atoms with Crippen LogP contribution >= 0.6 is 0 Å². The number of nitrogens with zero attached hydrogens (tertiary/aromatic N) is 3. The number of hydrogen-bond acceptors (Lipinski definition) is 6. The van der Waals surface area contributed by atoms with Crippen molar-refractivity contribution >= 4 is 27.5 Å². The van der Waals surface area contributed by atoms with E-state index < -0.39 is 15.8 Å². The van der Waals surface area contributed by atoms with Gasteiger partial charge in [-0.15, -0.1) is 0 Å². The van der Waals surface area contributed by atoms with Crippen LogP contribution in [0, 0.1) is 18.3 Å². The first-order chi connectivity index (χ1) is 14.2. The summed E-state index contributed by atoms with van der Waals surface area (Å²) in [7, 11) is -0.812. The molecule has 30 heavy (non-hydrogen) atoms. The summed E-state index contributed by atoms with van der Waals surface area (Å²) in [6, 6.07) is 15.6. The molecular formula is C20H20N6O3S. The molecule has 0 amide bonds. The zero-order valence-corrected chi connectivity index (χ0v) is 17.4. The Balaban J connectivity index is 1.96. The first-order valence-corrected chi connectivity index (χ1v) is 10.3. The predicted molar refractivity (Wildman–Crippen MR) is 116 cm³/mol. The first-order valence-electron chi connectivity index (χ1n) is 8.88. The van der Waals surface area contributed by atoms with Crippen molar-refractivity contribution in [2.75, 3.05) is 24.1 Å². The zero-order valence-electron chi connectivity index (χ0n) is 16.6. The number of anilines is 3. The largest absolute Gasteiger partial charge is 0.326 e. The molecule has 0 unspecified atom stereocenters. The maximum absolute atomic E-state index is 12.4. The number of H-pyrrole nitrogens is 1. The summed E-state index contributed by atoms with van der Waals surface area (Å²) >= 11 is 0. The Labute approximate surface area is 174 Å². The maximum atomic E-state index is 12.4. The third-order valence-corrected chi connectivity index (χ3v) is 5.69. The molecule has 0 saturated carbocycles. The van der Waals surface area contributed by atoms with Crippen LogP contribution in [0.15, 0.2) is 53.3 Å². The SMILES string of the molecule is Cc1ccc(Nc2nc(-c3ccc(NS(=O)(=O)N(C)C)cc3)c(C#N)c(=O)[nH]2)cc1. The number of nitrogens with one attached hydrogen (secondary N) is 3. The van der Waals surface area contributed by atoms with Crippen LogP contribution in [-0.2, 0) is 10.2 Å². The van der Waals surface area contributed by atoms with Gasteiger partial charge in [0.1, 0.15) is 11.6 Å². The smallest absolute Gasteiger partial charge is 0.301 e. The second-order valence-corrected chi connectivity index (χ2v) is 8.59. The van der Waals surface area contributed by atoms with E-state index in [1.54, 1.807) is 12.1 Å². The highest BCUT2D eigenvalue weighted by Crippen LogP contribution is 2.24. The fraction of sp³-hybridized carbons (Fsp3) is 0.150. The van der Waals surface area contributed by atoms with Gasteiger partial charge in [0, 0.05) is 31.0 Å². The van der Waals surface area contributed by atoms with Crippen LogP contribution in [0.3, 0.4) is 0 Å². The van der Waals surface area contributed by atoms with E-state index in [-0.39, 0.29) is 17.2 Å². The van der Waals surface area contributed by atoms with Gasteiger partial charge in [-0.3, -0.25) is 14.5 Å². The fourth-order valence-electron chi connectivity index (χ4n) is 2.56. The van der Waals surface area contributed by atoms with E-state index in [1.165, 1.54) is 26.2 Å². The van der Waals surface area contributed by atoms with Crippen molar-refractivity contribution in [3.05, 3.63) is 70.0 Å². The van der Waals surface area contributed by atoms with Crippen LogP contribution in [0.5, 0.6) is 0 Å². The quantitative estimate of drug-likeness (QED) is 0.557. The number of hydrogen-bond donors (Lipinski definition) is 3. The van der Waals surface area contributed by atoms with Crippen LogP contribution < -0.4 is 15.6 Å². The standard InChI is InChI=1S/C20H20N6O3S/c1-13-4-8-15(9-5-13)22-20-23-18(17(12-21)19(27)24-20)14-6-10-16(11-7-14)25-30(28,29)26(2)3/h4-11,25H,1-3H3,(H2,22,23,24,27). The summed E-state index contributed by atoms with van der Waals surface area (Å²) < 4.78 is 27.4. The van der Waals surface area contributed by atoms with Gasteiger partial charge in [0.25, 0.3) is 5.56 Å². The first kappa shape index (κ1) is 21.0. The Morgan fingerprint density at radius 3 is 2.20 bits per heavy atom. The molecule has 154 valence electrons. The fourth-order valence-corrected chi connectivity index (χ4v) is 3.17. The minimum absolute atomic E-state index is 0.133. The molecule has 1 heterocycles. The lowest BCUT2D eigenvalue weighted by molar-refractivity contribution is 0.527. The molecule has 10 heteroatoms. The molecule has 0 atom stereocenters. The van der Waals surface area contributed by atoms with E-state index in [4.69, 9.17) is 0 Å². The van der Waals surface area contributed by atoms with Gasteiger partial charge >= 0.3 is 10.2 Å². The lowest BCUT2D eigenvalue weighted by Crippen LogP contribution is -2.28. The monoisotopic (exact) mass is 424 g/mol. The molecule has 0 saturated heterocycles. The minimum atomic E-state index is -3.64. The van der Waals surface area contributed by atoms with Gasteiger partial charge in [-0.25, -0.2) is 4.98 Å². The Morgan fingerprint density at radius 2 is 1.63 bits per heavy atom. The Hall–Kier alpha value is -3.68. The Morgan fingerprint density at radius 1 is 1.03 bits per heavy atom. The van der Waals surface area contributed by atoms with Gasteiger partial charge in [0.2, 0.25) is 5.95 Å². The van der Waals surface area contributed by atoms with E-state index in [2.05, 4.69) is 20.0 Å². The lowest BCUT2D eigenvalue weighted by atomic mass is 10.1. The van der Waals surface area contributed by atoms with Crippen LogP contribution in [-0.4, -0.2) is 36.8 Å². The molecule has 9 nitrogen and oxygen atoms in total. The molecule has 0 spiro atoms. The number of nitriles is 1. The number of aromatic amines is 1. The molecule has 1 aromatic heterocycles. The van der Waals surface area contributed by atoms with Gasteiger partial charge in [-0.05, 0) is 31.2 Å². The Kier molecular flexibility index (Phi) is 5.86. The number of benzene rings is 2. The molecule has 0 bridgehead atoms. The van der Waals surface area contributed by atoms with E-state index in [9.17, 15) is 18.5 Å². The van der Waals surface area contributed by atoms with E-state index in [0.717, 1.165) is 15.6 Å². The lowest BCUT2D eigenvalue weighted by Gasteiger charge is -2.14. The van der Waals surface area contributed by atoms with Gasteiger partial charge in [0.15, 0.2) is 0 Å². The predicted octanol–water partition coefficient (Wildman–Crippen LogP) is 2.58. The third kappa shape index (κ3) is 4.65.